The average molecular weight is 173 g/mol. The molecule has 2 aromatic heterocycles. The predicted octanol–water partition coefficient (Wildman–Crippen LogP) is 1.36. The van der Waals surface area contributed by atoms with Gasteiger partial charge in [0.25, 0.3) is 0 Å². The second-order valence-electron chi connectivity index (χ2n) is 2.93. The van der Waals surface area contributed by atoms with Crippen molar-refractivity contribution in [2.24, 2.45) is 0 Å². The van der Waals surface area contributed by atoms with E-state index in [-0.39, 0.29) is 0 Å². The number of nitrogens with zero attached hydrogens (tertiary/aromatic N) is 2. The zero-order chi connectivity index (χ0) is 8.67. The Labute approximate surface area is 74.6 Å². The molecular formula is C9H7N3O. The van der Waals surface area contributed by atoms with E-state index in [0.29, 0.717) is 6.61 Å². The lowest BCUT2D eigenvalue weighted by Crippen LogP contribution is -2.05. The van der Waals surface area contributed by atoms with E-state index < -0.39 is 0 Å². The van der Waals surface area contributed by atoms with Gasteiger partial charge in [-0.05, 0) is 6.07 Å². The molecule has 0 fully saturated rings. The van der Waals surface area contributed by atoms with Gasteiger partial charge in [-0.1, -0.05) is 0 Å². The van der Waals surface area contributed by atoms with Crippen molar-refractivity contribution in [2.45, 2.75) is 6.61 Å². The van der Waals surface area contributed by atoms with Crippen molar-refractivity contribution in [3.05, 3.63) is 30.4 Å². The first-order valence-electron chi connectivity index (χ1n) is 4.05. The fourth-order valence-electron chi connectivity index (χ4n) is 1.55. The molecule has 0 amide bonds. The quantitative estimate of drug-likeness (QED) is 0.654. The van der Waals surface area contributed by atoms with Crippen molar-refractivity contribution in [3.8, 4) is 16.9 Å². The van der Waals surface area contributed by atoms with E-state index in [1.807, 2.05) is 12.3 Å². The summed E-state index contributed by atoms with van der Waals surface area (Å²) in [6, 6.07) is 2.03. The van der Waals surface area contributed by atoms with Crippen molar-refractivity contribution in [2.75, 3.05) is 0 Å². The summed E-state index contributed by atoms with van der Waals surface area (Å²) in [6.45, 7) is 0.584. The molecule has 0 atom stereocenters. The first kappa shape index (κ1) is 6.65. The van der Waals surface area contributed by atoms with E-state index >= 15 is 0 Å². The third-order valence-electron chi connectivity index (χ3n) is 2.19. The summed E-state index contributed by atoms with van der Waals surface area (Å²) in [5.41, 5.74) is 3.27. The second-order valence-corrected chi connectivity index (χ2v) is 2.93. The van der Waals surface area contributed by atoms with Gasteiger partial charge in [0, 0.05) is 17.3 Å². The minimum atomic E-state index is 0.584. The smallest absolute Gasteiger partial charge is 0.149 e. The Hall–Kier alpha value is -1.84. The highest BCUT2D eigenvalue weighted by Gasteiger charge is 2.17. The molecule has 1 aliphatic rings. The lowest BCUT2D eigenvalue weighted by atomic mass is 10.1. The lowest BCUT2D eigenvalue weighted by Gasteiger charge is -2.15. The third kappa shape index (κ3) is 0.853. The normalized spacial score (nSPS) is 12.9. The van der Waals surface area contributed by atoms with Gasteiger partial charge in [0.05, 0.1) is 18.1 Å². The molecule has 0 unspecified atom stereocenters. The number of H-pyrrole nitrogens is 1. The Morgan fingerprint density at radius 3 is 3.15 bits per heavy atom. The topological polar surface area (TPSA) is 50.8 Å². The number of hydrogen-bond acceptors (Lipinski definition) is 3. The van der Waals surface area contributed by atoms with Crippen LogP contribution in [0.25, 0.3) is 11.1 Å². The number of nitrogens with one attached hydrogen (secondary N) is 1. The maximum atomic E-state index is 5.47. The van der Waals surface area contributed by atoms with Crippen LogP contribution in [-0.2, 0) is 6.61 Å². The average Bonchev–Trinajstić information content (AvgIpc) is 2.65. The summed E-state index contributed by atoms with van der Waals surface area (Å²) in [7, 11) is 0. The van der Waals surface area contributed by atoms with Crippen molar-refractivity contribution in [1.29, 1.82) is 0 Å². The van der Waals surface area contributed by atoms with Crippen LogP contribution >= 0.6 is 0 Å². The first-order valence-corrected chi connectivity index (χ1v) is 4.05. The van der Waals surface area contributed by atoms with Crippen molar-refractivity contribution < 1.29 is 4.74 Å². The number of rotatable bonds is 0. The molecule has 4 heteroatoms. The molecule has 0 saturated carbocycles. The fourth-order valence-corrected chi connectivity index (χ4v) is 1.55. The van der Waals surface area contributed by atoms with Crippen LogP contribution in [0.3, 0.4) is 0 Å². The number of ether oxygens (including phenoxy) is 1. The van der Waals surface area contributed by atoms with Gasteiger partial charge in [-0.2, -0.15) is 10.2 Å². The van der Waals surface area contributed by atoms with Crippen molar-refractivity contribution in [1.82, 2.24) is 15.2 Å². The maximum Gasteiger partial charge on any atom is 0.149 e. The predicted molar refractivity (Wildman–Crippen MR) is 46.2 cm³/mol. The number of aromatic nitrogens is 3. The van der Waals surface area contributed by atoms with Gasteiger partial charge in [-0.15, -0.1) is 0 Å². The van der Waals surface area contributed by atoms with Crippen LogP contribution in [-0.4, -0.2) is 15.2 Å². The van der Waals surface area contributed by atoms with Gasteiger partial charge in [0.15, 0.2) is 0 Å². The highest BCUT2D eigenvalue weighted by atomic mass is 16.5. The van der Waals surface area contributed by atoms with Gasteiger partial charge in [0.1, 0.15) is 12.4 Å². The summed E-state index contributed by atoms with van der Waals surface area (Å²) in [4.78, 5) is 3.13. The Balaban J connectivity index is 2.30. The van der Waals surface area contributed by atoms with Crippen LogP contribution in [0.2, 0.25) is 0 Å². The molecule has 1 N–H and O–H groups in total. The standard InChI is InChI=1S/C9H7N3O/c1-2-10-8-5-13-9-4-12-11-3-7(9)6(1)8/h1-4,10H,5H2. The molecule has 3 heterocycles. The maximum absolute atomic E-state index is 5.47. The van der Waals surface area contributed by atoms with Gasteiger partial charge in [-0.3, -0.25) is 0 Å². The van der Waals surface area contributed by atoms with E-state index in [1.165, 1.54) is 0 Å². The van der Waals surface area contributed by atoms with E-state index in [9.17, 15) is 0 Å². The Kier molecular flexibility index (Phi) is 1.19. The molecule has 3 rings (SSSR count). The van der Waals surface area contributed by atoms with Gasteiger partial charge < -0.3 is 9.72 Å². The van der Waals surface area contributed by atoms with Gasteiger partial charge in [-0.25, -0.2) is 0 Å². The van der Waals surface area contributed by atoms with Crippen LogP contribution in [0.4, 0.5) is 0 Å². The molecule has 0 aliphatic carbocycles. The lowest BCUT2D eigenvalue weighted by molar-refractivity contribution is 0.296. The zero-order valence-electron chi connectivity index (χ0n) is 6.82. The molecule has 0 aromatic carbocycles. The van der Waals surface area contributed by atoms with Crippen LogP contribution in [0, 0.1) is 0 Å². The molecule has 2 aromatic rings. The zero-order valence-corrected chi connectivity index (χ0v) is 6.82. The number of fused-ring (bicyclic) bond motifs is 3. The Bertz CT molecular complexity index is 450. The number of aromatic amines is 1. The fraction of sp³-hybridized carbons (Fsp3) is 0.111. The van der Waals surface area contributed by atoms with E-state index in [0.717, 1.165) is 22.6 Å². The summed E-state index contributed by atoms with van der Waals surface area (Å²) < 4.78 is 5.47. The molecule has 0 bridgehead atoms. The van der Waals surface area contributed by atoms with Crippen LogP contribution in [0.1, 0.15) is 5.69 Å². The van der Waals surface area contributed by atoms with Crippen LogP contribution in [0.5, 0.6) is 5.75 Å². The highest BCUT2D eigenvalue weighted by Crippen LogP contribution is 2.35. The van der Waals surface area contributed by atoms with Crippen LogP contribution < -0.4 is 4.74 Å². The van der Waals surface area contributed by atoms with Crippen LogP contribution in [0.15, 0.2) is 24.7 Å². The minimum Gasteiger partial charge on any atom is -0.485 e. The molecule has 1 aliphatic heterocycles. The third-order valence-corrected chi connectivity index (χ3v) is 2.19. The summed E-state index contributed by atoms with van der Waals surface area (Å²) in [5.74, 6) is 0.808. The molecule has 0 spiro atoms. The monoisotopic (exact) mass is 173 g/mol. The molecule has 13 heavy (non-hydrogen) atoms. The molecule has 64 valence electrons. The van der Waals surface area contributed by atoms with E-state index in [4.69, 9.17) is 4.74 Å². The summed E-state index contributed by atoms with van der Waals surface area (Å²) in [5, 5.41) is 7.60. The van der Waals surface area contributed by atoms with Gasteiger partial charge >= 0.3 is 0 Å². The Morgan fingerprint density at radius 2 is 2.15 bits per heavy atom. The Morgan fingerprint density at radius 1 is 1.23 bits per heavy atom. The molecule has 0 saturated heterocycles. The minimum absolute atomic E-state index is 0.584. The van der Waals surface area contributed by atoms with Crippen molar-refractivity contribution >= 4 is 0 Å². The molecular weight excluding hydrogens is 166 g/mol. The van der Waals surface area contributed by atoms with E-state index in [1.54, 1.807) is 12.4 Å². The number of hydrogen-bond donors (Lipinski definition) is 1. The SMILES string of the molecule is c1cc2c([nH]1)COc1cnncc1-2. The molecule has 0 radical (unpaired) electrons. The van der Waals surface area contributed by atoms with Crippen molar-refractivity contribution in [3.63, 3.8) is 0 Å². The first-order chi connectivity index (χ1) is 6.45. The summed E-state index contributed by atoms with van der Waals surface area (Å²) in [6.07, 6.45) is 5.27. The highest BCUT2D eigenvalue weighted by molar-refractivity contribution is 5.72. The molecule has 4 nitrogen and oxygen atoms in total. The second kappa shape index (κ2) is 2.32. The largest absolute Gasteiger partial charge is 0.485 e. The summed E-state index contributed by atoms with van der Waals surface area (Å²) >= 11 is 0. The van der Waals surface area contributed by atoms with Gasteiger partial charge in [0.2, 0.25) is 0 Å². The van der Waals surface area contributed by atoms with E-state index in [2.05, 4.69) is 15.2 Å².